The fourth-order valence-corrected chi connectivity index (χ4v) is 5.01. The highest BCUT2D eigenvalue weighted by molar-refractivity contribution is 6.36. The Morgan fingerprint density at radius 2 is 1.95 bits per heavy atom. The summed E-state index contributed by atoms with van der Waals surface area (Å²) in [6, 6.07) is 9.98. The summed E-state index contributed by atoms with van der Waals surface area (Å²) < 4.78 is 14.5. The van der Waals surface area contributed by atoms with Crippen LogP contribution in [0.1, 0.15) is 32.0 Å². The van der Waals surface area contributed by atoms with Gasteiger partial charge < -0.3 is 20.2 Å². The topological polar surface area (TPSA) is 111 Å². The molecule has 9 nitrogen and oxygen atoms in total. The van der Waals surface area contributed by atoms with E-state index < -0.39 is 17.9 Å². The molecule has 3 heterocycles. The van der Waals surface area contributed by atoms with E-state index in [-0.39, 0.29) is 58.5 Å². The summed E-state index contributed by atoms with van der Waals surface area (Å²) in [7, 11) is 0. The number of amidine groups is 1. The SMILES string of the molecule is CC(C)Cc1ncccc1NC(=O)N=C(c1cc(Cl)c(-c2ccccc2F)nc1Cl)N1CCN(C(=O)O)C[C@@H]1C. The molecule has 0 spiro atoms. The number of carbonyl (C=O) groups is 2. The highest BCUT2D eigenvalue weighted by Gasteiger charge is 2.31. The van der Waals surface area contributed by atoms with E-state index in [4.69, 9.17) is 23.2 Å². The standard InChI is InChI=1S/C28H29Cl2FN6O3/c1-16(2)13-23-22(9-6-10-32-23)33-27(38)35-26(37-12-11-36(28(39)40)15-17(37)3)19-14-20(29)24(34-25(19)30)18-7-4-5-8-21(18)31/h4-10,14,16-17H,11-13,15H2,1-3H3,(H,33,38)(H,39,40)/t17-/m0/s1. The normalized spacial score (nSPS) is 15.9. The third kappa shape index (κ3) is 6.68. The Hall–Kier alpha value is -3.76. The van der Waals surface area contributed by atoms with E-state index >= 15 is 0 Å². The first-order chi connectivity index (χ1) is 19.0. The van der Waals surface area contributed by atoms with Crippen LogP contribution in [0.3, 0.4) is 0 Å². The number of benzene rings is 1. The highest BCUT2D eigenvalue weighted by atomic mass is 35.5. The van der Waals surface area contributed by atoms with E-state index in [2.05, 4.69) is 34.1 Å². The van der Waals surface area contributed by atoms with Crippen molar-refractivity contribution in [3.05, 3.63) is 75.9 Å². The molecule has 2 aromatic heterocycles. The lowest BCUT2D eigenvalue weighted by atomic mass is 10.1. The van der Waals surface area contributed by atoms with Crippen molar-refractivity contribution in [3.63, 3.8) is 0 Å². The molecule has 1 aromatic carbocycles. The van der Waals surface area contributed by atoms with Crippen molar-refractivity contribution in [1.29, 1.82) is 0 Å². The van der Waals surface area contributed by atoms with E-state index in [0.717, 1.165) is 5.69 Å². The number of rotatable bonds is 5. The van der Waals surface area contributed by atoms with Gasteiger partial charge >= 0.3 is 12.1 Å². The largest absolute Gasteiger partial charge is 0.465 e. The number of carboxylic acid groups (broad SMARTS) is 1. The summed E-state index contributed by atoms with van der Waals surface area (Å²) >= 11 is 13.2. The van der Waals surface area contributed by atoms with Gasteiger partial charge in [-0.25, -0.2) is 19.0 Å². The number of anilines is 1. The quantitative estimate of drug-likeness (QED) is 0.202. The lowest BCUT2D eigenvalue weighted by molar-refractivity contribution is 0.106. The fourth-order valence-electron chi connectivity index (χ4n) is 4.53. The van der Waals surface area contributed by atoms with Gasteiger partial charge in [-0.15, -0.1) is 0 Å². The molecule has 12 heteroatoms. The van der Waals surface area contributed by atoms with Gasteiger partial charge in [0.25, 0.3) is 0 Å². The second-order valence-corrected chi connectivity index (χ2v) is 10.6. The number of pyridine rings is 2. The van der Waals surface area contributed by atoms with Gasteiger partial charge in [0.05, 0.1) is 27.7 Å². The van der Waals surface area contributed by atoms with Crippen molar-refractivity contribution in [3.8, 4) is 11.3 Å². The van der Waals surface area contributed by atoms with Crippen molar-refractivity contribution < 1.29 is 19.1 Å². The number of aromatic nitrogens is 2. The van der Waals surface area contributed by atoms with Crippen molar-refractivity contribution >= 4 is 46.8 Å². The summed E-state index contributed by atoms with van der Waals surface area (Å²) in [6.45, 7) is 6.54. The number of hydrogen-bond acceptors (Lipinski definition) is 4. The minimum Gasteiger partial charge on any atom is -0.465 e. The Balaban J connectivity index is 1.75. The molecule has 1 atom stereocenters. The molecule has 1 saturated heterocycles. The van der Waals surface area contributed by atoms with Crippen LogP contribution in [0.2, 0.25) is 10.2 Å². The third-order valence-corrected chi connectivity index (χ3v) is 6.99. The van der Waals surface area contributed by atoms with Gasteiger partial charge in [-0.2, -0.15) is 4.99 Å². The maximum atomic E-state index is 14.5. The smallest absolute Gasteiger partial charge is 0.407 e. The van der Waals surface area contributed by atoms with Crippen LogP contribution < -0.4 is 5.32 Å². The molecule has 0 aliphatic carbocycles. The molecule has 0 saturated carbocycles. The fraction of sp³-hybridized carbons (Fsp3) is 0.321. The van der Waals surface area contributed by atoms with Crippen LogP contribution in [-0.4, -0.2) is 68.5 Å². The zero-order chi connectivity index (χ0) is 29.0. The maximum absolute atomic E-state index is 14.5. The lowest BCUT2D eigenvalue weighted by Gasteiger charge is -2.40. The molecule has 3 aromatic rings. The first-order valence-electron chi connectivity index (χ1n) is 12.7. The third-order valence-electron chi connectivity index (χ3n) is 6.41. The number of piperazine rings is 1. The predicted molar refractivity (Wildman–Crippen MR) is 154 cm³/mol. The minimum atomic E-state index is -1.03. The van der Waals surface area contributed by atoms with E-state index in [1.165, 1.54) is 23.1 Å². The Kier molecular flexibility index (Phi) is 9.21. The van der Waals surface area contributed by atoms with Gasteiger partial charge in [0.2, 0.25) is 0 Å². The summed E-state index contributed by atoms with van der Waals surface area (Å²) in [6.07, 6.45) is 1.29. The van der Waals surface area contributed by atoms with Crippen molar-refractivity contribution in [2.75, 3.05) is 25.0 Å². The molecule has 1 aliphatic heterocycles. The summed E-state index contributed by atoms with van der Waals surface area (Å²) in [5, 5.41) is 12.3. The maximum Gasteiger partial charge on any atom is 0.407 e. The van der Waals surface area contributed by atoms with E-state index in [1.54, 1.807) is 35.4 Å². The zero-order valence-corrected chi connectivity index (χ0v) is 23.7. The van der Waals surface area contributed by atoms with Crippen LogP contribution in [0.4, 0.5) is 19.7 Å². The average molecular weight is 587 g/mol. The number of hydrogen-bond donors (Lipinski definition) is 2. The summed E-state index contributed by atoms with van der Waals surface area (Å²) in [5.74, 6) is -0.0270. The van der Waals surface area contributed by atoms with Gasteiger partial charge in [0, 0.05) is 37.4 Å². The first-order valence-corrected chi connectivity index (χ1v) is 13.5. The molecule has 210 valence electrons. The monoisotopic (exact) mass is 586 g/mol. The molecule has 3 amide bonds. The predicted octanol–water partition coefficient (Wildman–Crippen LogP) is 6.45. The Morgan fingerprint density at radius 1 is 1.20 bits per heavy atom. The molecule has 0 bridgehead atoms. The molecule has 2 N–H and O–H groups in total. The molecular weight excluding hydrogens is 558 g/mol. The van der Waals surface area contributed by atoms with Crippen molar-refractivity contribution in [2.24, 2.45) is 10.9 Å². The number of carbonyl (C=O) groups excluding carboxylic acids is 1. The number of aliphatic imine (C=N–C) groups is 1. The van der Waals surface area contributed by atoms with Gasteiger partial charge in [-0.3, -0.25) is 4.98 Å². The van der Waals surface area contributed by atoms with Gasteiger partial charge in [0.1, 0.15) is 16.8 Å². The lowest BCUT2D eigenvalue weighted by Crippen LogP contribution is -2.55. The number of urea groups is 1. The van der Waals surface area contributed by atoms with Crippen molar-refractivity contribution in [2.45, 2.75) is 33.2 Å². The molecule has 4 rings (SSSR count). The Bertz CT molecular complexity index is 1450. The molecular formula is C28H29Cl2FN6O3. The van der Waals surface area contributed by atoms with Gasteiger partial charge in [-0.05, 0) is 49.6 Å². The molecule has 1 aliphatic rings. The van der Waals surface area contributed by atoms with Crippen LogP contribution in [-0.2, 0) is 6.42 Å². The average Bonchev–Trinajstić information content (AvgIpc) is 2.90. The van der Waals surface area contributed by atoms with E-state index in [1.807, 2.05) is 6.92 Å². The zero-order valence-electron chi connectivity index (χ0n) is 22.2. The second kappa shape index (κ2) is 12.6. The second-order valence-electron chi connectivity index (χ2n) is 9.87. The van der Waals surface area contributed by atoms with Crippen molar-refractivity contribution in [1.82, 2.24) is 19.8 Å². The number of nitrogens with one attached hydrogen (secondary N) is 1. The van der Waals surface area contributed by atoms with E-state index in [9.17, 15) is 19.1 Å². The summed E-state index contributed by atoms with van der Waals surface area (Å²) in [5.41, 5.74) is 1.84. The van der Waals surface area contributed by atoms with Crippen LogP contribution in [0.15, 0.2) is 53.7 Å². The minimum absolute atomic E-state index is 0.0380. The Labute approximate surface area is 241 Å². The summed E-state index contributed by atoms with van der Waals surface area (Å²) in [4.78, 5) is 41.1. The number of amides is 3. The Morgan fingerprint density at radius 3 is 2.62 bits per heavy atom. The van der Waals surface area contributed by atoms with Crippen LogP contribution in [0.25, 0.3) is 11.3 Å². The highest BCUT2D eigenvalue weighted by Crippen LogP contribution is 2.33. The first kappa shape index (κ1) is 29.2. The van der Waals surface area contributed by atoms with Gasteiger partial charge in [-0.1, -0.05) is 49.2 Å². The van der Waals surface area contributed by atoms with Crippen LogP contribution in [0, 0.1) is 11.7 Å². The van der Waals surface area contributed by atoms with Crippen LogP contribution >= 0.6 is 23.2 Å². The van der Waals surface area contributed by atoms with E-state index in [0.29, 0.717) is 18.0 Å². The van der Waals surface area contributed by atoms with Gasteiger partial charge in [0.15, 0.2) is 0 Å². The molecule has 40 heavy (non-hydrogen) atoms. The molecule has 0 unspecified atom stereocenters. The van der Waals surface area contributed by atoms with Crippen LogP contribution in [0.5, 0.6) is 0 Å². The number of nitrogens with zero attached hydrogens (tertiary/aromatic N) is 5. The molecule has 1 fully saturated rings. The number of halogens is 3. The molecule has 0 radical (unpaired) electrons.